The van der Waals surface area contributed by atoms with Gasteiger partial charge in [0.15, 0.2) is 0 Å². The number of amides is 2. The number of hydrogen-bond donors (Lipinski definition) is 2. The van der Waals surface area contributed by atoms with Gasteiger partial charge in [-0.15, -0.1) is 0 Å². The maximum Gasteiger partial charge on any atom is 0.407 e. The van der Waals surface area contributed by atoms with Crippen LogP contribution in [0.1, 0.15) is 55.6 Å². The second kappa shape index (κ2) is 8.40. The summed E-state index contributed by atoms with van der Waals surface area (Å²) in [6, 6.07) is 15.6. The normalized spacial score (nSPS) is 25.5. The van der Waals surface area contributed by atoms with Crippen molar-refractivity contribution in [3.05, 3.63) is 59.7 Å². The van der Waals surface area contributed by atoms with E-state index >= 15 is 0 Å². The third-order valence-corrected chi connectivity index (χ3v) is 8.63. The summed E-state index contributed by atoms with van der Waals surface area (Å²) in [5.74, 6) is -1.21. The van der Waals surface area contributed by atoms with E-state index in [4.69, 9.17) is 4.74 Å². The number of hydrogen-bond acceptors (Lipinski definition) is 4. The molecule has 182 valence electrons. The molecule has 3 aliphatic carbocycles. The molecule has 6 rings (SSSR count). The van der Waals surface area contributed by atoms with Gasteiger partial charge in [-0.2, -0.15) is 0 Å². The molecule has 0 bridgehead atoms. The van der Waals surface area contributed by atoms with Crippen LogP contribution in [-0.2, 0) is 14.3 Å². The third-order valence-electron chi connectivity index (χ3n) is 8.63. The Bertz CT molecular complexity index is 1150. The summed E-state index contributed by atoms with van der Waals surface area (Å²) in [7, 11) is 0. The van der Waals surface area contributed by atoms with Crippen LogP contribution < -0.4 is 5.32 Å². The Morgan fingerprint density at radius 3 is 2.26 bits per heavy atom. The number of rotatable bonds is 6. The molecule has 7 nitrogen and oxygen atoms in total. The highest BCUT2D eigenvalue weighted by Crippen LogP contribution is 2.54. The highest BCUT2D eigenvalue weighted by atomic mass is 16.5. The van der Waals surface area contributed by atoms with Gasteiger partial charge in [-0.25, -0.2) is 9.59 Å². The average Bonchev–Trinajstić information content (AvgIpc) is 3.52. The fourth-order valence-corrected chi connectivity index (χ4v) is 6.46. The lowest BCUT2D eigenvalue weighted by Gasteiger charge is -2.40. The Hall–Kier alpha value is -3.35. The zero-order valence-electron chi connectivity index (χ0n) is 19.6. The van der Waals surface area contributed by atoms with Crippen LogP contribution in [0.2, 0.25) is 0 Å². The number of carboxylic acid groups (broad SMARTS) is 1. The van der Waals surface area contributed by atoms with E-state index in [0.717, 1.165) is 54.4 Å². The smallest absolute Gasteiger partial charge is 0.407 e. The van der Waals surface area contributed by atoms with Gasteiger partial charge >= 0.3 is 12.1 Å². The quantitative estimate of drug-likeness (QED) is 0.656. The van der Waals surface area contributed by atoms with Gasteiger partial charge < -0.3 is 20.1 Å². The largest absolute Gasteiger partial charge is 0.479 e. The predicted molar refractivity (Wildman–Crippen MR) is 129 cm³/mol. The molecule has 2 N–H and O–H groups in total. The van der Waals surface area contributed by atoms with Crippen LogP contribution in [0.4, 0.5) is 4.79 Å². The number of piperidine rings is 1. The summed E-state index contributed by atoms with van der Waals surface area (Å²) in [4.78, 5) is 40.2. The lowest BCUT2D eigenvalue weighted by molar-refractivity contribution is -0.156. The first-order chi connectivity index (χ1) is 17.0. The van der Waals surface area contributed by atoms with Crippen LogP contribution in [0.3, 0.4) is 0 Å². The molecular weight excluding hydrogens is 444 g/mol. The van der Waals surface area contributed by atoms with E-state index in [2.05, 4.69) is 29.6 Å². The van der Waals surface area contributed by atoms with Crippen LogP contribution in [0.5, 0.6) is 0 Å². The number of carbonyl (C=O) groups excluding carboxylic acids is 2. The summed E-state index contributed by atoms with van der Waals surface area (Å²) in [6.07, 6.45) is 4.22. The predicted octanol–water partition coefficient (Wildman–Crippen LogP) is 4.16. The maximum atomic E-state index is 13.6. The Kier molecular flexibility index (Phi) is 5.31. The number of carboxylic acids is 1. The number of alkyl carbamates (subject to hydrolysis) is 1. The molecule has 2 aromatic rings. The molecule has 2 saturated carbocycles. The summed E-state index contributed by atoms with van der Waals surface area (Å²) >= 11 is 0. The van der Waals surface area contributed by atoms with Crippen molar-refractivity contribution in [2.45, 2.75) is 56.0 Å². The molecule has 0 radical (unpaired) electrons. The number of fused-ring (bicyclic) bond motifs is 4. The first-order valence-corrected chi connectivity index (χ1v) is 12.7. The molecular formula is C28H30N2O5. The van der Waals surface area contributed by atoms with Crippen molar-refractivity contribution in [1.29, 1.82) is 0 Å². The van der Waals surface area contributed by atoms with E-state index in [1.165, 1.54) is 4.90 Å². The van der Waals surface area contributed by atoms with Crippen LogP contribution >= 0.6 is 0 Å². The first-order valence-electron chi connectivity index (χ1n) is 12.7. The maximum absolute atomic E-state index is 13.6. The van der Waals surface area contributed by atoms with E-state index in [-0.39, 0.29) is 30.3 Å². The lowest BCUT2D eigenvalue weighted by Crippen LogP contribution is -2.60. The number of benzene rings is 2. The van der Waals surface area contributed by atoms with Gasteiger partial charge in [-0.05, 0) is 66.2 Å². The minimum absolute atomic E-state index is 0.0213. The summed E-state index contributed by atoms with van der Waals surface area (Å²) in [5, 5.41) is 12.7. The van der Waals surface area contributed by atoms with E-state index < -0.39 is 23.6 Å². The molecule has 0 aromatic heterocycles. The van der Waals surface area contributed by atoms with Crippen molar-refractivity contribution < 1.29 is 24.2 Å². The average molecular weight is 475 g/mol. The zero-order valence-corrected chi connectivity index (χ0v) is 19.6. The topological polar surface area (TPSA) is 95.9 Å². The molecule has 35 heavy (non-hydrogen) atoms. The number of aliphatic carboxylic acids is 1. The van der Waals surface area contributed by atoms with Gasteiger partial charge in [-0.3, -0.25) is 4.79 Å². The van der Waals surface area contributed by atoms with Crippen molar-refractivity contribution in [3.8, 4) is 11.1 Å². The molecule has 2 amide bonds. The number of likely N-dealkylation sites (tertiary alicyclic amines) is 1. The molecule has 1 saturated heterocycles. The molecule has 1 unspecified atom stereocenters. The summed E-state index contributed by atoms with van der Waals surface area (Å²) in [5.41, 5.74) is 3.49. The third kappa shape index (κ3) is 3.51. The second-order valence-electron chi connectivity index (χ2n) is 10.4. The van der Waals surface area contributed by atoms with Crippen LogP contribution in [0.25, 0.3) is 11.1 Å². The van der Waals surface area contributed by atoms with Gasteiger partial charge in [0.05, 0.1) is 0 Å². The lowest BCUT2D eigenvalue weighted by atomic mass is 9.79. The first kappa shape index (κ1) is 22.1. The van der Waals surface area contributed by atoms with Gasteiger partial charge in [0.2, 0.25) is 5.91 Å². The van der Waals surface area contributed by atoms with Crippen LogP contribution in [-0.4, -0.2) is 52.7 Å². The van der Waals surface area contributed by atoms with E-state index in [9.17, 15) is 19.5 Å². The number of nitrogens with zero attached hydrogens (tertiary/aromatic N) is 1. The minimum atomic E-state index is -1.08. The SMILES string of the molecule is O=C(NC(C(=O)N1CCC[C@@H]2C[C@@]21C(=O)O)C1CCC1)OCC1c2ccccc2-c2ccccc21. The van der Waals surface area contributed by atoms with Crippen molar-refractivity contribution >= 4 is 18.0 Å². The molecule has 1 aliphatic heterocycles. The van der Waals surface area contributed by atoms with E-state index in [0.29, 0.717) is 13.0 Å². The standard InChI is InChI=1S/C28H30N2O5/c31-25(30-14-6-9-18-15-28(18,30)26(32)33)24(17-7-5-8-17)29-27(34)35-16-23-21-12-3-1-10-19(21)20-11-2-4-13-22(20)23/h1-4,10-13,17-18,23-24H,5-9,14-16H2,(H,29,34)(H,32,33)/t18-,24?,28+/m1/s1. The van der Waals surface area contributed by atoms with Crippen molar-refractivity contribution in [3.63, 3.8) is 0 Å². The van der Waals surface area contributed by atoms with Crippen LogP contribution in [0.15, 0.2) is 48.5 Å². The Labute approximate surface area is 204 Å². The molecule has 1 heterocycles. The molecule has 4 aliphatic rings. The molecule has 3 fully saturated rings. The Balaban J connectivity index is 1.17. The number of nitrogens with one attached hydrogen (secondary N) is 1. The van der Waals surface area contributed by atoms with Gasteiger partial charge in [0.25, 0.3) is 0 Å². The van der Waals surface area contributed by atoms with Crippen molar-refractivity contribution in [1.82, 2.24) is 10.2 Å². The fraction of sp³-hybridized carbons (Fsp3) is 0.464. The fourth-order valence-electron chi connectivity index (χ4n) is 6.46. The zero-order chi connectivity index (χ0) is 24.2. The molecule has 7 heteroatoms. The summed E-state index contributed by atoms with van der Waals surface area (Å²) < 4.78 is 5.70. The van der Waals surface area contributed by atoms with Gasteiger partial charge in [0.1, 0.15) is 18.2 Å². The minimum Gasteiger partial charge on any atom is -0.479 e. The highest BCUT2D eigenvalue weighted by Gasteiger charge is 2.67. The molecule has 3 atom stereocenters. The van der Waals surface area contributed by atoms with Crippen molar-refractivity contribution in [2.24, 2.45) is 11.8 Å². The Morgan fingerprint density at radius 1 is 1.00 bits per heavy atom. The molecule has 0 spiro atoms. The number of ether oxygens (including phenoxy) is 1. The van der Waals surface area contributed by atoms with E-state index in [1.807, 2.05) is 24.3 Å². The van der Waals surface area contributed by atoms with Crippen molar-refractivity contribution in [2.75, 3.05) is 13.2 Å². The van der Waals surface area contributed by atoms with Crippen LogP contribution in [0, 0.1) is 11.8 Å². The Morgan fingerprint density at radius 2 is 1.66 bits per heavy atom. The number of carbonyl (C=O) groups is 3. The van der Waals surface area contributed by atoms with E-state index in [1.54, 1.807) is 0 Å². The van der Waals surface area contributed by atoms with Gasteiger partial charge in [0, 0.05) is 12.5 Å². The van der Waals surface area contributed by atoms with Gasteiger partial charge in [-0.1, -0.05) is 55.0 Å². The second-order valence-corrected chi connectivity index (χ2v) is 10.4. The monoisotopic (exact) mass is 474 g/mol. The highest BCUT2D eigenvalue weighted by molar-refractivity contribution is 5.94. The summed E-state index contributed by atoms with van der Waals surface area (Å²) in [6.45, 7) is 0.605. The molecule has 2 aromatic carbocycles.